The highest BCUT2D eigenvalue weighted by atomic mass is 19.4. The number of nitrogens with zero attached hydrogens (tertiary/aromatic N) is 4. The summed E-state index contributed by atoms with van der Waals surface area (Å²) in [5, 5.41) is 0. The molecule has 3 aromatic rings. The summed E-state index contributed by atoms with van der Waals surface area (Å²) in [5.41, 5.74) is 2.84. The Morgan fingerprint density at radius 2 is 1.86 bits per heavy atom. The second-order valence-corrected chi connectivity index (χ2v) is 9.26. The van der Waals surface area contributed by atoms with Gasteiger partial charge in [-0.3, -0.25) is 14.8 Å². The molecule has 2 aliphatic heterocycles. The molecule has 35 heavy (non-hydrogen) atoms. The number of amides is 1. The average molecular weight is 483 g/mol. The molecule has 2 bridgehead atoms. The Morgan fingerprint density at radius 3 is 2.54 bits per heavy atom. The molecule has 6 rings (SSSR count). The van der Waals surface area contributed by atoms with Crippen molar-refractivity contribution in [3.05, 3.63) is 71.3 Å². The Labute approximate surface area is 201 Å². The minimum atomic E-state index is -4.46. The second-order valence-electron chi connectivity index (χ2n) is 9.26. The first-order valence-corrected chi connectivity index (χ1v) is 11.6. The van der Waals surface area contributed by atoms with Crippen LogP contribution in [0.25, 0.3) is 11.3 Å². The zero-order valence-electron chi connectivity index (χ0n) is 19.4. The summed E-state index contributed by atoms with van der Waals surface area (Å²) in [6.07, 6.45) is 1.76. The van der Waals surface area contributed by atoms with E-state index in [0.29, 0.717) is 12.2 Å². The molecular formula is C26H25F3N4O2. The topological polar surface area (TPSA) is 68.2 Å². The van der Waals surface area contributed by atoms with Crippen LogP contribution in [0.1, 0.15) is 46.4 Å². The van der Waals surface area contributed by atoms with Crippen LogP contribution in [0.4, 0.5) is 13.2 Å². The largest absolute Gasteiger partial charge is 0.472 e. The molecule has 1 saturated carbocycles. The van der Waals surface area contributed by atoms with Gasteiger partial charge in [0.1, 0.15) is 11.8 Å². The fraction of sp³-hybridized carbons (Fsp3) is 0.385. The van der Waals surface area contributed by atoms with Crippen LogP contribution in [0.3, 0.4) is 0 Å². The lowest BCUT2D eigenvalue weighted by Gasteiger charge is -2.49. The molecule has 1 unspecified atom stereocenters. The zero-order valence-corrected chi connectivity index (χ0v) is 19.4. The molecule has 2 saturated heterocycles. The SMILES string of the molecule is Cc1cccnc1-c1c(C)ccnc1C(=O)N1CC2CC[C@H]1[C@H](Oc1ccc(C(F)(F)F)cn1)C2. The fourth-order valence-corrected chi connectivity index (χ4v) is 5.17. The summed E-state index contributed by atoms with van der Waals surface area (Å²) in [5.74, 6) is 0.187. The quantitative estimate of drug-likeness (QED) is 0.508. The molecule has 6 nitrogen and oxygen atoms in total. The Bertz CT molecular complexity index is 1250. The van der Waals surface area contributed by atoms with Gasteiger partial charge in [-0.1, -0.05) is 6.07 Å². The van der Waals surface area contributed by atoms with Gasteiger partial charge in [0, 0.05) is 36.8 Å². The summed E-state index contributed by atoms with van der Waals surface area (Å²) in [4.78, 5) is 28.5. The molecular weight excluding hydrogens is 457 g/mol. The van der Waals surface area contributed by atoms with Gasteiger partial charge in [-0.25, -0.2) is 4.98 Å². The maximum absolute atomic E-state index is 13.8. The summed E-state index contributed by atoms with van der Waals surface area (Å²) in [6.45, 7) is 4.49. The number of aromatic nitrogens is 3. The van der Waals surface area contributed by atoms with Crippen LogP contribution >= 0.6 is 0 Å². The third-order valence-electron chi connectivity index (χ3n) is 6.93. The van der Waals surface area contributed by atoms with E-state index < -0.39 is 11.7 Å². The highest BCUT2D eigenvalue weighted by Gasteiger charge is 2.45. The van der Waals surface area contributed by atoms with E-state index in [-0.39, 0.29) is 29.9 Å². The number of ether oxygens (including phenoxy) is 1. The summed E-state index contributed by atoms with van der Waals surface area (Å²) in [7, 11) is 0. The minimum Gasteiger partial charge on any atom is -0.472 e. The fourth-order valence-electron chi connectivity index (χ4n) is 5.17. The van der Waals surface area contributed by atoms with Gasteiger partial charge in [0.25, 0.3) is 5.91 Å². The van der Waals surface area contributed by atoms with Crippen molar-refractivity contribution < 1.29 is 22.7 Å². The van der Waals surface area contributed by atoms with Crippen LogP contribution in [0.15, 0.2) is 48.9 Å². The van der Waals surface area contributed by atoms with Crippen molar-refractivity contribution in [3.8, 4) is 17.1 Å². The van der Waals surface area contributed by atoms with Gasteiger partial charge in [-0.2, -0.15) is 13.2 Å². The van der Waals surface area contributed by atoms with Gasteiger partial charge in [0.15, 0.2) is 0 Å². The van der Waals surface area contributed by atoms with Gasteiger partial charge >= 0.3 is 6.18 Å². The Balaban J connectivity index is 1.42. The predicted molar refractivity (Wildman–Crippen MR) is 123 cm³/mol. The molecule has 1 amide bonds. The summed E-state index contributed by atoms with van der Waals surface area (Å²) in [6, 6.07) is 7.66. The molecule has 0 aromatic carbocycles. The highest BCUT2D eigenvalue weighted by molar-refractivity contribution is 6.00. The normalized spacial score (nSPS) is 21.7. The van der Waals surface area contributed by atoms with Gasteiger partial charge in [0.05, 0.1) is 17.3 Å². The number of piperidine rings is 2. The van der Waals surface area contributed by atoms with Crippen molar-refractivity contribution in [1.29, 1.82) is 0 Å². The molecule has 5 heterocycles. The van der Waals surface area contributed by atoms with Gasteiger partial charge in [-0.05, 0) is 68.4 Å². The minimum absolute atomic E-state index is 0.126. The smallest absolute Gasteiger partial charge is 0.417 e. The summed E-state index contributed by atoms with van der Waals surface area (Å²) >= 11 is 0. The number of fused-ring (bicyclic) bond motifs is 3. The van der Waals surface area contributed by atoms with E-state index in [1.165, 1.54) is 6.07 Å². The highest BCUT2D eigenvalue weighted by Crippen LogP contribution is 2.39. The third kappa shape index (κ3) is 4.47. The monoisotopic (exact) mass is 482 g/mol. The maximum atomic E-state index is 13.8. The van der Waals surface area contributed by atoms with E-state index in [2.05, 4.69) is 15.0 Å². The zero-order chi connectivity index (χ0) is 24.7. The number of alkyl halides is 3. The van der Waals surface area contributed by atoms with Crippen LogP contribution in [-0.4, -0.2) is 44.4 Å². The van der Waals surface area contributed by atoms with Crippen molar-refractivity contribution in [1.82, 2.24) is 19.9 Å². The van der Waals surface area contributed by atoms with Crippen molar-refractivity contribution in [3.63, 3.8) is 0 Å². The van der Waals surface area contributed by atoms with E-state index in [1.54, 1.807) is 12.4 Å². The van der Waals surface area contributed by atoms with Crippen LogP contribution < -0.4 is 4.74 Å². The molecule has 0 spiro atoms. The number of rotatable bonds is 4. The Kier molecular flexibility index (Phi) is 5.94. The third-order valence-corrected chi connectivity index (χ3v) is 6.93. The van der Waals surface area contributed by atoms with Crippen LogP contribution in [0, 0.1) is 19.8 Å². The Morgan fingerprint density at radius 1 is 1.03 bits per heavy atom. The van der Waals surface area contributed by atoms with Crippen molar-refractivity contribution >= 4 is 5.91 Å². The predicted octanol–water partition coefficient (Wildman–Crippen LogP) is 5.25. The molecule has 3 fully saturated rings. The van der Waals surface area contributed by atoms with Gasteiger partial charge < -0.3 is 9.64 Å². The number of carbonyl (C=O) groups excluding carboxylic acids is 1. The van der Waals surface area contributed by atoms with Crippen molar-refractivity contribution in [2.24, 2.45) is 5.92 Å². The lowest BCUT2D eigenvalue weighted by molar-refractivity contribution is -0.137. The first-order chi connectivity index (χ1) is 16.7. The van der Waals surface area contributed by atoms with Crippen LogP contribution in [-0.2, 0) is 6.18 Å². The van der Waals surface area contributed by atoms with Gasteiger partial charge in [0.2, 0.25) is 5.88 Å². The number of aryl methyl sites for hydroxylation is 2. The molecule has 0 N–H and O–H groups in total. The van der Waals surface area contributed by atoms with Crippen LogP contribution in [0.2, 0.25) is 0 Å². The van der Waals surface area contributed by atoms with Crippen molar-refractivity contribution in [2.45, 2.75) is 51.4 Å². The lowest BCUT2D eigenvalue weighted by atomic mass is 9.77. The molecule has 1 aliphatic carbocycles. The van der Waals surface area contributed by atoms with E-state index in [1.807, 2.05) is 36.9 Å². The lowest BCUT2D eigenvalue weighted by Crippen LogP contribution is -2.59. The summed E-state index contributed by atoms with van der Waals surface area (Å²) < 4.78 is 44.7. The van der Waals surface area contributed by atoms with E-state index in [0.717, 1.165) is 53.9 Å². The van der Waals surface area contributed by atoms with E-state index >= 15 is 0 Å². The number of hydrogen-bond acceptors (Lipinski definition) is 5. The first-order valence-electron chi connectivity index (χ1n) is 11.6. The molecule has 3 aromatic heterocycles. The maximum Gasteiger partial charge on any atom is 0.417 e. The molecule has 3 aliphatic rings. The number of carbonyl (C=O) groups is 1. The standard InChI is InChI=1S/C26H25F3N4O2/c1-15-9-11-31-24(22(15)23-16(2)4-3-10-30-23)25(34)33-14-17-5-7-19(33)20(12-17)35-21-8-6-18(13-32-21)26(27,28)29/h3-4,6,8-11,13,17,19-20H,5,7,12,14H2,1-2H3/t17?,19-,20+/m0/s1. The second kappa shape index (κ2) is 8.94. The van der Waals surface area contributed by atoms with Gasteiger partial charge in [-0.15, -0.1) is 0 Å². The van der Waals surface area contributed by atoms with Crippen molar-refractivity contribution in [2.75, 3.05) is 6.54 Å². The number of halogens is 3. The van der Waals surface area contributed by atoms with E-state index in [9.17, 15) is 18.0 Å². The average Bonchev–Trinajstić information content (AvgIpc) is 2.84. The molecule has 0 radical (unpaired) electrons. The number of hydrogen-bond donors (Lipinski definition) is 0. The molecule has 182 valence electrons. The first kappa shape index (κ1) is 23.3. The number of pyridine rings is 3. The molecule has 3 atom stereocenters. The molecule has 9 heteroatoms. The van der Waals surface area contributed by atoms with Crippen LogP contribution in [0.5, 0.6) is 5.88 Å². The Hall–Kier alpha value is -3.49. The van der Waals surface area contributed by atoms with E-state index in [4.69, 9.17) is 4.74 Å².